The number of nitrogens with one attached hydrogen (secondary N) is 1. The molecule has 0 fully saturated rings. The summed E-state index contributed by atoms with van der Waals surface area (Å²) in [5.41, 5.74) is 2.75. The molecule has 0 bridgehead atoms. The van der Waals surface area contributed by atoms with Crippen molar-refractivity contribution in [2.75, 3.05) is 0 Å². The van der Waals surface area contributed by atoms with E-state index in [1.165, 1.54) is 18.2 Å². The molecule has 0 saturated heterocycles. The molecule has 1 aromatic heterocycles. The van der Waals surface area contributed by atoms with Crippen molar-refractivity contribution in [1.82, 2.24) is 14.9 Å². The topological polar surface area (TPSA) is 46.9 Å². The molecule has 2 aromatic carbocycles. The Kier molecular flexibility index (Phi) is 5.04. The second-order valence-electron chi connectivity index (χ2n) is 5.58. The second kappa shape index (κ2) is 7.57. The highest BCUT2D eigenvalue weighted by Crippen LogP contribution is 2.16. The van der Waals surface area contributed by atoms with Gasteiger partial charge < -0.3 is 9.88 Å². The first-order valence-electron chi connectivity index (χ1n) is 7.93. The maximum Gasteiger partial charge on any atom is 0.244 e. The van der Waals surface area contributed by atoms with Gasteiger partial charge in [-0.05, 0) is 42.3 Å². The number of halogens is 1. The van der Waals surface area contributed by atoms with E-state index in [1.54, 1.807) is 24.4 Å². The fourth-order valence-electron chi connectivity index (χ4n) is 2.51. The molecule has 0 aliphatic rings. The van der Waals surface area contributed by atoms with Gasteiger partial charge in [0.2, 0.25) is 5.91 Å². The van der Waals surface area contributed by atoms with Crippen LogP contribution in [0.4, 0.5) is 4.39 Å². The van der Waals surface area contributed by atoms with E-state index in [4.69, 9.17) is 0 Å². The van der Waals surface area contributed by atoms with Crippen LogP contribution >= 0.6 is 0 Å². The van der Waals surface area contributed by atoms with E-state index in [1.807, 2.05) is 42.0 Å². The van der Waals surface area contributed by atoms with Crippen molar-refractivity contribution in [3.63, 3.8) is 0 Å². The number of para-hydroxylation sites is 1. The molecular formula is C20H18FN3O. The smallest absolute Gasteiger partial charge is 0.244 e. The largest absolute Gasteiger partial charge is 0.348 e. The highest BCUT2D eigenvalue weighted by Gasteiger charge is 2.07. The van der Waals surface area contributed by atoms with Crippen LogP contribution in [-0.2, 0) is 11.3 Å². The Morgan fingerprint density at radius 1 is 1.20 bits per heavy atom. The first-order valence-corrected chi connectivity index (χ1v) is 7.93. The number of hydrogen-bond donors (Lipinski definition) is 1. The molecule has 126 valence electrons. The van der Waals surface area contributed by atoms with Gasteiger partial charge in [-0.2, -0.15) is 0 Å². The van der Waals surface area contributed by atoms with Crippen LogP contribution < -0.4 is 5.32 Å². The molecule has 1 heterocycles. The Hall–Kier alpha value is -3.21. The summed E-state index contributed by atoms with van der Waals surface area (Å²) in [6, 6.07) is 13.8. The molecule has 0 aliphatic carbocycles. The number of aryl methyl sites for hydroxylation is 1. The third kappa shape index (κ3) is 4.20. The minimum Gasteiger partial charge on any atom is -0.348 e. The van der Waals surface area contributed by atoms with Gasteiger partial charge in [0.1, 0.15) is 11.6 Å². The van der Waals surface area contributed by atoms with Gasteiger partial charge in [0.25, 0.3) is 0 Å². The molecule has 3 aromatic rings. The van der Waals surface area contributed by atoms with E-state index < -0.39 is 0 Å². The summed E-state index contributed by atoms with van der Waals surface area (Å²) in [4.78, 5) is 16.3. The van der Waals surface area contributed by atoms with Gasteiger partial charge in [-0.15, -0.1) is 0 Å². The Balaban J connectivity index is 1.67. The fraction of sp³-hybridized carbons (Fsp3) is 0.100. The number of carbonyl (C=O) groups excluding carboxylic acids is 1. The molecular weight excluding hydrogens is 317 g/mol. The highest BCUT2D eigenvalue weighted by molar-refractivity contribution is 5.91. The van der Waals surface area contributed by atoms with E-state index in [9.17, 15) is 9.18 Å². The van der Waals surface area contributed by atoms with Gasteiger partial charge >= 0.3 is 0 Å². The maximum atomic E-state index is 12.9. The van der Waals surface area contributed by atoms with Crippen molar-refractivity contribution in [3.05, 3.63) is 89.8 Å². The summed E-state index contributed by atoms with van der Waals surface area (Å²) in [5, 5.41) is 2.87. The van der Waals surface area contributed by atoms with Crippen LogP contribution in [-0.4, -0.2) is 15.5 Å². The molecule has 0 radical (unpaired) electrons. The zero-order valence-electron chi connectivity index (χ0n) is 13.8. The fourth-order valence-corrected chi connectivity index (χ4v) is 2.51. The Morgan fingerprint density at radius 2 is 1.96 bits per heavy atom. The molecule has 4 nitrogen and oxygen atoms in total. The van der Waals surface area contributed by atoms with Crippen LogP contribution in [0, 0.1) is 12.7 Å². The Morgan fingerprint density at radius 3 is 2.68 bits per heavy atom. The predicted octanol–water partition coefficient (Wildman–Crippen LogP) is 3.65. The van der Waals surface area contributed by atoms with E-state index in [-0.39, 0.29) is 11.7 Å². The Labute approximate surface area is 145 Å². The first-order chi connectivity index (χ1) is 12.1. The quantitative estimate of drug-likeness (QED) is 0.724. The van der Waals surface area contributed by atoms with E-state index in [0.717, 1.165) is 22.6 Å². The summed E-state index contributed by atoms with van der Waals surface area (Å²) in [7, 11) is 0. The number of amides is 1. The summed E-state index contributed by atoms with van der Waals surface area (Å²) in [5.74, 6) is 0.379. The van der Waals surface area contributed by atoms with Crippen molar-refractivity contribution in [2.45, 2.75) is 13.5 Å². The lowest BCUT2D eigenvalue weighted by atomic mass is 10.1. The van der Waals surface area contributed by atoms with Crippen LogP contribution in [0.5, 0.6) is 0 Å². The minimum atomic E-state index is -0.298. The van der Waals surface area contributed by atoms with E-state index in [2.05, 4.69) is 10.3 Å². The van der Waals surface area contributed by atoms with Gasteiger partial charge in [-0.25, -0.2) is 9.37 Å². The monoisotopic (exact) mass is 335 g/mol. The highest BCUT2D eigenvalue weighted by atomic mass is 19.1. The molecule has 3 rings (SSSR count). The lowest BCUT2D eigenvalue weighted by molar-refractivity contribution is -0.116. The molecule has 1 N–H and O–H groups in total. The van der Waals surface area contributed by atoms with Crippen molar-refractivity contribution in [3.8, 4) is 5.69 Å². The molecule has 5 heteroatoms. The lowest BCUT2D eigenvalue weighted by Crippen LogP contribution is -2.21. The van der Waals surface area contributed by atoms with Gasteiger partial charge in [0, 0.05) is 25.0 Å². The third-order valence-electron chi connectivity index (χ3n) is 3.83. The van der Waals surface area contributed by atoms with Gasteiger partial charge in [0.05, 0.1) is 5.69 Å². The standard InChI is InChI=1S/C20H18FN3O/c1-15-22-12-13-24(15)19-5-3-2-4-17(19)14-23-20(25)11-8-16-6-9-18(21)10-7-16/h2-13H,14H2,1H3,(H,23,25)/b11-8+. The molecule has 0 unspecified atom stereocenters. The maximum absolute atomic E-state index is 12.9. The average molecular weight is 335 g/mol. The second-order valence-corrected chi connectivity index (χ2v) is 5.58. The van der Waals surface area contributed by atoms with E-state index in [0.29, 0.717) is 6.54 Å². The number of carbonyl (C=O) groups is 1. The van der Waals surface area contributed by atoms with Crippen molar-refractivity contribution in [1.29, 1.82) is 0 Å². The summed E-state index contributed by atoms with van der Waals surface area (Å²) in [6.07, 6.45) is 6.74. The van der Waals surface area contributed by atoms with Crippen molar-refractivity contribution >= 4 is 12.0 Å². The van der Waals surface area contributed by atoms with Crippen LogP contribution in [0.25, 0.3) is 11.8 Å². The van der Waals surface area contributed by atoms with Crippen LogP contribution in [0.1, 0.15) is 17.0 Å². The first kappa shape index (κ1) is 16.6. The number of nitrogens with zero attached hydrogens (tertiary/aromatic N) is 2. The molecule has 25 heavy (non-hydrogen) atoms. The van der Waals surface area contributed by atoms with Crippen LogP contribution in [0.3, 0.4) is 0 Å². The molecule has 0 saturated carbocycles. The van der Waals surface area contributed by atoms with Gasteiger partial charge in [0.15, 0.2) is 0 Å². The van der Waals surface area contributed by atoms with Crippen LogP contribution in [0.15, 0.2) is 67.0 Å². The normalized spacial score (nSPS) is 11.0. The number of hydrogen-bond acceptors (Lipinski definition) is 2. The predicted molar refractivity (Wildman–Crippen MR) is 95.6 cm³/mol. The molecule has 0 aliphatic heterocycles. The van der Waals surface area contributed by atoms with E-state index >= 15 is 0 Å². The molecule has 0 atom stereocenters. The Bertz CT molecular complexity index is 897. The molecule has 1 amide bonds. The zero-order chi connectivity index (χ0) is 17.6. The third-order valence-corrected chi connectivity index (χ3v) is 3.83. The number of rotatable bonds is 5. The number of benzene rings is 2. The zero-order valence-corrected chi connectivity index (χ0v) is 13.8. The summed E-state index contributed by atoms with van der Waals surface area (Å²) < 4.78 is 14.8. The SMILES string of the molecule is Cc1nccn1-c1ccccc1CNC(=O)/C=C/c1ccc(F)cc1. The van der Waals surface area contributed by atoms with Gasteiger partial charge in [-0.3, -0.25) is 4.79 Å². The minimum absolute atomic E-state index is 0.207. The van der Waals surface area contributed by atoms with Crippen LogP contribution in [0.2, 0.25) is 0 Å². The number of aromatic nitrogens is 2. The van der Waals surface area contributed by atoms with Crippen molar-refractivity contribution in [2.24, 2.45) is 0 Å². The van der Waals surface area contributed by atoms with Crippen molar-refractivity contribution < 1.29 is 9.18 Å². The average Bonchev–Trinajstić information content (AvgIpc) is 3.05. The summed E-state index contributed by atoms with van der Waals surface area (Å²) in [6.45, 7) is 2.33. The summed E-state index contributed by atoms with van der Waals surface area (Å²) >= 11 is 0. The lowest BCUT2D eigenvalue weighted by Gasteiger charge is -2.12. The van der Waals surface area contributed by atoms with Gasteiger partial charge in [-0.1, -0.05) is 30.3 Å². The number of imidazole rings is 1. The molecule has 0 spiro atoms.